The summed E-state index contributed by atoms with van der Waals surface area (Å²) in [7, 11) is 0. The molecule has 116 valence electrons. The van der Waals surface area contributed by atoms with E-state index in [2.05, 4.69) is 19.2 Å². The molecule has 0 aliphatic carbocycles. The highest BCUT2D eigenvalue weighted by atomic mass is 16.4. The summed E-state index contributed by atoms with van der Waals surface area (Å²) in [5.74, 6) is -0.352. The van der Waals surface area contributed by atoms with Crippen LogP contribution in [-0.4, -0.2) is 47.6 Å². The number of amides is 1. The molecular weight excluding hydrogens is 256 g/mol. The molecule has 0 bridgehead atoms. The summed E-state index contributed by atoms with van der Waals surface area (Å²) in [6.07, 6.45) is 2.77. The van der Waals surface area contributed by atoms with Crippen LogP contribution < -0.4 is 5.32 Å². The van der Waals surface area contributed by atoms with Gasteiger partial charge < -0.3 is 10.4 Å². The molecule has 1 saturated heterocycles. The second-order valence-corrected chi connectivity index (χ2v) is 6.84. The van der Waals surface area contributed by atoms with Crippen LogP contribution in [0.2, 0.25) is 0 Å². The number of nitrogens with one attached hydrogen (secondary N) is 1. The molecule has 5 heteroatoms. The maximum atomic E-state index is 11.9. The van der Waals surface area contributed by atoms with E-state index in [0.29, 0.717) is 19.0 Å². The molecule has 20 heavy (non-hydrogen) atoms. The van der Waals surface area contributed by atoms with E-state index in [0.717, 1.165) is 19.3 Å². The first-order valence-corrected chi connectivity index (χ1v) is 7.47. The van der Waals surface area contributed by atoms with Crippen molar-refractivity contribution in [1.82, 2.24) is 10.2 Å². The number of piperidine rings is 1. The van der Waals surface area contributed by atoms with Crippen molar-refractivity contribution < 1.29 is 14.7 Å². The third-order valence-corrected chi connectivity index (χ3v) is 4.00. The molecule has 0 spiro atoms. The van der Waals surface area contributed by atoms with Gasteiger partial charge in [-0.25, -0.2) is 0 Å². The van der Waals surface area contributed by atoms with E-state index in [9.17, 15) is 14.7 Å². The zero-order chi connectivity index (χ0) is 15.3. The third kappa shape index (κ3) is 4.78. The SMILES string of the molecule is CC(C)CCNC(=O)CN1CCCC(C)(C)C1C(=O)O. The topological polar surface area (TPSA) is 69.6 Å². The minimum atomic E-state index is -0.829. The zero-order valence-electron chi connectivity index (χ0n) is 13.1. The molecule has 1 rings (SSSR count). The Kier molecular flexibility index (Phi) is 5.99. The quantitative estimate of drug-likeness (QED) is 0.779. The lowest BCUT2D eigenvalue weighted by molar-refractivity contribution is -0.151. The lowest BCUT2D eigenvalue weighted by Gasteiger charge is -2.43. The van der Waals surface area contributed by atoms with Crippen molar-refractivity contribution >= 4 is 11.9 Å². The first-order chi connectivity index (χ1) is 9.24. The van der Waals surface area contributed by atoms with E-state index in [-0.39, 0.29) is 17.9 Å². The molecular formula is C15H28N2O3. The Hall–Kier alpha value is -1.10. The van der Waals surface area contributed by atoms with Gasteiger partial charge in [-0.2, -0.15) is 0 Å². The van der Waals surface area contributed by atoms with Gasteiger partial charge in [0.2, 0.25) is 5.91 Å². The van der Waals surface area contributed by atoms with Crippen molar-refractivity contribution in [2.45, 2.75) is 53.0 Å². The molecule has 5 nitrogen and oxygen atoms in total. The third-order valence-electron chi connectivity index (χ3n) is 4.00. The Balaban J connectivity index is 2.55. The van der Waals surface area contributed by atoms with E-state index in [1.54, 1.807) is 4.90 Å². The van der Waals surface area contributed by atoms with Crippen LogP contribution in [0.25, 0.3) is 0 Å². The number of carboxylic acid groups (broad SMARTS) is 1. The first kappa shape index (κ1) is 17.0. The molecule has 1 aliphatic rings. The second kappa shape index (κ2) is 7.07. The smallest absolute Gasteiger partial charge is 0.321 e. The molecule has 1 aliphatic heterocycles. The molecule has 0 saturated carbocycles. The largest absolute Gasteiger partial charge is 0.480 e. The summed E-state index contributed by atoms with van der Waals surface area (Å²) in [5.41, 5.74) is -0.289. The fourth-order valence-electron chi connectivity index (χ4n) is 2.90. The van der Waals surface area contributed by atoms with Crippen molar-refractivity contribution in [3.8, 4) is 0 Å². The van der Waals surface area contributed by atoms with E-state index in [1.165, 1.54) is 0 Å². The van der Waals surface area contributed by atoms with Crippen LogP contribution in [0.3, 0.4) is 0 Å². The number of likely N-dealkylation sites (tertiary alicyclic amines) is 1. The number of aliphatic carboxylic acids is 1. The molecule has 1 amide bonds. The first-order valence-electron chi connectivity index (χ1n) is 7.47. The Morgan fingerprint density at radius 1 is 1.40 bits per heavy atom. The van der Waals surface area contributed by atoms with Crippen LogP contribution >= 0.6 is 0 Å². The van der Waals surface area contributed by atoms with Gasteiger partial charge >= 0.3 is 5.97 Å². The van der Waals surface area contributed by atoms with Crippen molar-refractivity contribution in [2.24, 2.45) is 11.3 Å². The minimum absolute atomic E-state index is 0.0744. The number of carbonyl (C=O) groups is 2. The number of hydrogen-bond acceptors (Lipinski definition) is 3. The molecule has 0 aromatic heterocycles. The molecule has 1 atom stereocenters. The minimum Gasteiger partial charge on any atom is -0.480 e. The van der Waals surface area contributed by atoms with E-state index < -0.39 is 12.0 Å². The van der Waals surface area contributed by atoms with Crippen LogP contribution in [-0.2, 0) is 9.59 Å². The summed E-state index contributed by atoms with van der Waals surface area (Å²) in [6, 6.07) is -0.577. The Bertz CT molecular complexity index is 353. The van der Waals surface area contributed by atoms with Gasteiger partial charge in [-0.1, -0.05) is 27.7 Å². The highest BCUT2D eigenvalue weighted by Gasteiger charge is 2.42. The van der Waals surface area contributed by atoms with Crippen LogP contribution in [0, 0.1) is 11.3 Å². The average Bonchev–Trinajstić information content (AvgIpc) is 2.26. The second-order valence-electron chi connectivity index (χ2n) is 6.84. The maximum absolute atomic E-state index is 11.9. The Morgan fingerprint density at radius 2 is 2.05 bits per heavy atom. The van der Waals surface area contributed by atoms with Gasteiger partial charge in [0.1, 0.15) is 6.04 Å². The van der Waals surface area contributed by atoms with Crippen molar-refractivity contribution in [3.63, 3.8) is 0 Å². The van der Waals surface area contributed by atoms with Gasteiger partial charge in [-0.15, -0.1) is 0 Å². The average molecular weight is 284 g/mol. The summed E-state index contributed by atoms with van der Waals surface area (Å²) >= 11 is 0. The molecule has 1 unspecified atom stereocenters. The highest BCUT2D eigenvalue weighted by molar-refractivity contribution is 5.80. The fraction of sp³-hybridized carbons (Fsp3) is 0.867. The predicted molar refractivity (Wildman–Crippen MR) is 78.5 cm³/mol. The number of carboxylic acids is 1. The Morgan fingerprint density at radius 3 is 2.60 bits per heavy atom. The fourth-order valence-corrected chi connectivity index (χ4v) is 2.90. The van der Waals surface area contributed by atoms with Crippen LogP contribution in [0.1, 0.15) is 47.0 Å². The molecule has 0 radical (unpaired) electrons. The van der Waals surface area contributed by atoms with E-state index >= 15 is 0 Å². The van der Waals surface area contributed by atoms with Gasteiger partial charge in [-0.3, -0.25) is 14.5 Å². The molecule has 0 aromatic carbocycles. The molecule has 0 aromatic rings. The summed E-state index contributed by atoms with van der Waals surface area (Å²) in [4.78, 5) is 25.2. The summed E-state index contributed by atoms with van der Waals surface area (Å²) < 4.78 is 0. The standard InChI is InChI=1S/C15H28N2O3/c1-11(2)6-8-16-12(18)10-17-9-5-7-15(3,4)13(17)14(19)20/h11,13H,5-10H2,1-4H3,(H,16,18)(H,19,20). The Labute approximate surface area is 121 Å². The zero-order valence-corrected chi connectivity index (χ0v) is 13.1. The lowest BCUT2D eigenvalue weighted by Crippen LogP contribution is -2.56. The number of rotatable bonds is 6. The maximum Gasteiger partial charge on any atom is 0.321 e. The van der Waals surface area contributed by atoms with Crippen LogP contribution in [0.5, 0.6) is 0 Å². The number of nitrogens with zero attached hydrogens (tertiary/aromatic N) is 1. The lowest BCUT2D eigenvalue weighted by atomic mass is 9.76. The summed E-state index contributed by atoms with van der Waals surface area (Å²) in [5, 5.41) is 12.3. The van der Waals surface area contributed by atoms with E-state index in [4.69, 9.17) is 0 Å². The van der Waals surface area contributed by atoms with Crippen molar-refractivity contribution in [3.05, 3.63) is 0 Å². The molecule has 1 fully saturated rings. The normalized spacial score (nSPS) is 22.8. The predicted octanol–water partition coefficient (Wildman–Crippen LogP) is 1.72. The van der Waals surface area contributed by atoms with Gasteiger partial charge in [0.25, 0.3) is 0 Å². The highest BCUT2D eigenvalue weighted by Crippen LogP contribution is 2.35. The van der Waals surface area contributed by atoms with Gasteiger partial charge in [-0.05, 0) is 37.1 Å². The van der Waals surface area contributed by atoms with Crippen LogP contribution in [0.4, 0.5) is 0 Å². The van der Waals surface area contributed by atoms with E-state index in [1.807, 2.05) is 13.8 Å². The van der Waals surface area contributed by atoms with Crippen LogP contribution in [0.15, 0.2) is 0 Å². The number of carbonyl (C=O) groups excluding carboxylic acids is 1. The van der Waals surface area contributed by atoms with Gasteiger partial charge in [0.15, 0.2) is 0 Å². The number of hydrogen-bond donors (Lipinski definition) is 2. The summed E-state index contributed by atoms with van der Waals surface area (Å²) in [6.45, 7) is 9.67. The van der Waals surface area contributed by atoms with Crippen molar-refractivity contribution in [1.29, 1.82) is 0 Å². The monoisotopic (exact) mass is 284 g/mol. The molecule has 2 N–H and O–H groups in total. The molecule has 1 heterocycles. The van der Waals surface area contributed by atoms with Gasteiger partial charge in [0.05, 0.1) is 6.54 Å². The van der Waals surface area contributed by atoms with Crippen molar-refractivity contribution in [2.75, 3.05) is 19.6 Å². The van der Waals surface area contributed by atoms with Gasteiger partial charge in [0, 0.05) is 6.54 Å².